The zero-order valence-corrected chi connectivity index (χ0v) is 10.2. The van der Waals surface area contributed by atoms with Crippen molar-refractivity contribution in [3.63, 3.8) is 0 Å². The summed E-state index contributed by atoms with van der Waals surface area (Å²) in [6, 6.07) is 0.365. The van der Waals surface area contributed by atoms with E-state index in [1.807, 2.05) is 0 Å². The molecule has 0 radical (unpaired) electrons. The molecule has 1 N–H and O–H groups in total. The summed E-state index contributed by atoms with van der Waals surface area (Å²) in [5, 5.41) is 3.13. The van der Waals surface area contributed by atoms with E-state index in [9.17, 15) is 8.78 Å². The molecule has 0 fully saturated rings. The molecule has 0 atom stereocenters. The fourth-order valence-electron chi connectivity index (χ4n) is 1.47. The van der Waals surface area contributed by atoms with Crippen LogP contribution in [-0.2, 0) is 11.3 Å². The van der Waals surface area contributed by atoms with Gasteiger partial charge in [0, 0.05) is 25.3 Å². The minimum atomic E-state index is -2.39. The lowest BCUT2D eigenvalue weighted by atomic mass is 10.3. The zero-order chi connectivity index (χ0) is 12.7. The number of imidazole rings is 1. The van der Waals surface area contributed by atoms with Gasteiger partial charge in [-0.1, -0.05) is 0 Å². The summed E-state index contributed by atoms with van der Waals surface area (Å²) in [7, 11) is 0. The molecule has 1 aromatic rings. The molecule has 0 saturated carbocycles. The Morgan fingerprint density at radius 1 is 1.47 bits per heavy atom. The van der Waals surface area contributed by atoms with Crippen molar-refractivity contribution in [3.8, 4) is 0 Å². The van der Waals surface area contributed by atoms with Gasteiger partial charge in [0.25, 0.3) is 6.43 Å². The Balaban J connectivity index is 2.16. The number of alkyl halides is 2. The molecular weight excluding hydrogens is 228 g/mol. The van der Waals surface area contributed by atoms with Crippen molar-refractivity contribution in [2.45, 2.75) is 32.9 Å². The number of halogens is 2. The van der Waals surface area contributed by atoms with Crippen LogP contribution in [0, 0.1) is 0 Å². The van der Waals surface area contributed by atoms with Gasteiger partial charge >= 0.3 is 0 Å². The van der Waals surface area contributed by atoms with E-state index in [1.54, 1.807) is 12.5 Å². The van der Waals surface area contributed by atoms with Crippen LogP contribution >= 0.6 is 0 Å². The van der Waals surface area contributed by atoms with E-state index >= 15 is 0 Å². The summed E-state index contributed by atoms with van der Waals surface area (Å²) in [5.74, 6) is 0. The summed E-state index contributed by atoms with van der Waals surface area (Å²) in [6.45, 7) is 5.17. The van der Waals surface area contributed by atoms with Crippen LogP contribution in [0.1, 0.15) is 25.6 Å². The van der Waals surface area contributed by atoms with Crippen LogP contribution in [0.15, 0.2) is 12.5 Å². The Morgan fingerprint density at radius 2 is 2.24 bits per heavy atom. The van der Waals surface area contributed by atoms with Gasteiger partial charge in [-0.2, -0.15) is 0 Å². The summed E-state index contributed by atoms with van der Waals surface area (Å²) < 4.78 is 30.3. The Hall–Kier alpha value is -1.01. The van der Waals surface area contributed by atoms with Crippen LogP contribution in [0.25, 0.3) is 0 Å². The molecule has 0 aliphatic heterocycles. The van der Waals surface area contributed by atoms with Crippen molar-refractivity contribution in [2.75, 3.05) is 19.8 Å². The second-order valence-corrected chi connectivity index (χ2v) is 4.03. The molecule has 6 heteroatoms. The number of rotatable bonds is 8. The Bertz CT molecular complexity index is 315. The standard InChI is InChI=1S/C11H19F2N3O/c1-9(2)16-8-15-6-10(16)5-14-3-4-17-7-11(12)13/h6,8-9,11,14H,3-5,7H2,1-2H3. The van der Waals surface area contributed by atoms with Crippen molar-refractivity contribution in [1.82, 2.24) is 14.9 Å². The number of hydrogen-bond acceptors (Lipinski definition) is 3. The van der Waals surface area contributed by atoms with Crippen LogP contribution < -0.4 is 5.32 Å². The van der Waals surface area contributed by atoms with E-state index in [4.69, 9.17) is 4.74 Å². The fourth-order valence-corrected chi connectivity index (χ4v) is 1.47. The van der Waals surface area contributed by atoms with Crippen LogP contribution in [-0.4, -0.2) is 35.7 Å². The Labute approximate surface area is 100.0 Å². The molecule has 0 aliphatic carbocycles. The maximum atomic E-state index is 11.8. The number of aromatic nitrogens is 2. The van der Waals surface area contributed by atoms with Gasteiger partial charge in [-0.25, -0.2) is 13.8 Å². The summed E-state index contributed by atoms with van der Waals surface area (Å²) in [5.41, 5.74) is 1.08. The highest BCUT2D eigenvalue weighted by Gasteiger charge is 2.04. The lowest BCUT2D eigenvalue weighted by molar-refractivity contribution is 0.0187. The van der Waals surface area contributed by atoms with E-state index in [1.165, 1.54) is 0 Å². The average molecular weight is 247 g/mol. The van der Waals surface area contributed by atoms with Gasteiger partial charge in [0.2, 0.25) is 0 Å². The van der Waals surface area contributed by atoms with Crippen LogP contribution in [0.2, 0.25) is 0 Å². The van der Waals surface area contributed by atoms with E-state index in [2.05, 4.69) is 28.7 Å². The first kappa shape index (κ1) is 14.1. The quantitative estimate of drug-likeness (QED) is 0.712. The van der Waals surface area contributed by atoms with Gasteiger partial charge < -0.3 is 14.6 Å². The first-order chi connectivity index (χ1) is 8.11. The molecule has 0 unspecified atom stereocenters. The summed E-state index contributed by atoms with van der Waals surface area (Å²) in [4.78, 5) is 4.07. The predicted octanol–water partition coefficient (Wildman–Crippen LogP) is 1.84. The van der Waals surface area contributed by atoms with E-state index in [0.29, 0.717) is 25.7 Å². The van der Waals surface area contributed by atoms with E-state index < -0.39 is 13.0 Å². The molecule has 17 heavy (non-hydrogen) atoms. The van der Waals surface area contributed by atoms with Crippen LogP contribution in [0.5, 0.6) is 0 Å². The third kappa shape index (κ3) is 5.23. The lowest BCUT2D eigenvalue weighted by Gasteiger charge is -2.12. The number of nitrogens with one attached hydrogen (secondary N) is 1. The average Bonchev–Trinajstić information content (AvgIpc) is 2.71. The first-order valence-electron chi connectivity index (χ1n) is 5.68. The molecule has 98 valence electrons. The first-order valence-corrected chi connectivity index (χ1v) is 5.68. The second-order valence-electron chi connectivity index (χ2n) is 4.03. The molecule has 0 aromatic carbocycles. The third-order valence-electron chi connectivity index (χ3n) is 2.28. The molecule has 1 rings (SSSR count). The number of ether oxygens (including phenoxy) is 1. The van der Waals surface area contributed by atoms with Crippen LogP contribution in [0.3, 0.4) is 0 Å². The van der Waals surface area contributed by atoms with Crippen LogP contribution in [0.4, 0.5) is 8.78 Å². The highest BCUT2D eigenvalue weighted by Crippen LogP contribution is 2.07. The summed E-state index contributed by atoms with van der Waals surface area (Å²) in [6.07, 6.45) is 1.19. The highest BCUT2D eigenvalue weighted by atomic mass is 19.3. The van der Waals surface area contributed by atoms with Gasteiger partial charge in [-0.15, -0.1) is 0 Å². The lowest BCUT2D eigenvalue weighted by Crippen LogP contribution is -2.22. The van der Waals surface area contributed by atoms with Gasteiger partial charge in [-0.3, -0.25) is 0 Å². The van der Waals surface area contributed by atoms with E-state index in [-0.39, 0.29) is 0 Å². The molecule has 1 aromatic heterocycles. The highest BCUT2D eigenvalue weighted by molar-refractivity contribution is 4.99. The fraction of sp³-hybridized carbons (Fsp3) is 0.727. The van der Waals surface area contributed by atoms with Gasteiger partial charge in [0.05, 0.1) is 18.6 Å². The van der Waals surface area contributed by atoms with Gasteiger partial charge in [0.1, 0.15) is 6.61 Å². The van der Waals surface area contributed by atoms with Crippen molar-refractivity contribution in [3.05, 3.63) is 18.2 Å². The molecule has 0 saturated heterocycles. The largest absolute Gasteiger partial charge is 0.374 e. The molecular formula is C11H19F2N3O. The number of hydrogen-bond donors (Lipinski definition) is 1. The summed E-state index contributed by atoms with van der Waals surface area (Å²) >= 11 is 0. The minimum absolute atomic E-state index is 0.292. The van der Waals surface area contributed by atoms with Crippen molar-refractivity contribution in [2.24, 2.45) is 0 Å². The molecule has 0 bridgehead atoms. The van der Waals surface area contributed by atoms with Gasteiger partial charge in [-0.05, 0) is 13.8 Å². The predicted molar refractivity (Wildman–Crippen MR) is 61.1 cm³/mol. The molecule has 0 spiro atoms. The smallest absolute Gasteiger partial charge is 0.261 e. The van der Waals surface area contributed by atoms with E-state index in [0.717, 1.165) is 5.69 Å². The normalized spacial score (nSPS) is 11.6. The zero-order valence-electron chi connectivity index (χ0n) is 10.2. The molecule has 0 aliphatic rings. The molecule has 0 amide bonds. The SMILES string of the molecule is CC(C)n1cncc1CNCCOCC(F)F. The van der Waals surface area contributed by atoms with Gasteiger partial charge in [0.15, 0.2) is 0 Å². The molecule has 4 nitrogen and oxygen atoms in total. The maximum Gasteiger partial charge on any atom is 0.261 e. The van der Waals surface area contributed by atoms with Crippen molar-refractivity contribution >= 4 is 0 Å². The Morgan fingerprint density at radius 3 is 2.88 bits per heavy atom. The maximum absolute atomic E-state index is 11.8. The topological polar surface area (TPSA) is 39.1 Å². The third-order valence-corrected chi connectivity index (χ3v) is 2.28. The van der Waals surface area contributed by atoms with Crippen molar-refractivity contribution in [1.29, 1.82) is 0 Å². The Kier molecular flexibility index (Phi) is 6.07. The van der Waals surface area contributed by atoms with Crippen molar-refractivity contribution < 1.29 is 13.5 Å². The second kappa shape index (κ2) is 7.34. The number of nitrogens with zero attached hydrogens (tertiary/aromatic N) is 2. The monoisotopic (exact) mass is 247 g/mol. The molecule has 1 heterocycles. The minimum Gasteiger partial charge on any atom is -0.374 e.